The number of amides is 1. The zero-order valence-electron chi connectivity index (χ0n) is 13.9. The number of rotatable bonds is 5. The van der Waals surface area contributed by atoms with Crippen LogP contribution in [0.2, 0.25) is 0 Å². The molecule has 0 bridgehead atoms. The van der Waals surface area contributed by atoms with E-state index in [4.69, 9.17) is 9.47 Å². The highest BCUT2D eigenvalue weighted by atomic mass is 16.5. The van der Waals surface area contributed by atoms with Crippen molar-refractivity contribution < 1.29 is 14.3 Å². The molecule has 1 aliphatic heterocycles. The molecular weight excluding hydrogens is 304 g/mol. The predicted molar refractivity (Wildman–Crippen MR) is 92.6 cm³/mol. The Morgan fingerprint density at radius 3 is 2.54 bits per heavy atom. The molecule has 0 fully saturated rings. The molecule has 2 aromatic carbocycles. The van der Waals surface area contributed by atoms with Gasteiger partial charge >= 0.3 is 0 Å². The molecular formula is C19H20N2O3. The summed E-state index contributed by atoms with van der Waals surface area (Å²) >= 11 is 0. The van der Waals surface area contributed by atoms with Gasteiger partial charge in [0.25, 0.3) is 0 Å². The van der Waals surface area contributed by atoms with Crippen LogP contribution in [0.3, 0.4) is 0 Å². The van der Waals surface area contributed by atoms with E-state index in [1.165, 1.54) is 0 Å². The first kappa shape index (κ1) is 16.1. The van der Waals surface area contributed by atoms with Crippen molar-refractivity contribution in [2.45, 2.75) is 12.8 Å². The fourth-order valence-corrected chi connectivity index (χ4v) is 2.65. The van der Waals surface area contributed by atoms with Crippen LogP contribution in [0.25, 0.3) is 0 Å². The topological polar surface area (TPSA) is 51.1 Å². The lowest BCUT2D eigenvalue weighted by atomic mass is 10.1. The Balaban J connectivity index is 1.68. The van der Waals surface area contributed by atoms with Crippen LogP contribution in [-0.4, -0.2) is 37.4 Å². The fourth-order valence-electron chi connectivity index (χ4n) is 2.65. The summed E-state index contributed by atoms with van der Waals surface area (Å²) in [7, 11) is 3.26. The first-order chi connectivity index (χ1) is 11.7. The standard InChI is InChI=1S/C19H20N2O3/c1-23-16-8-6-14(7-9-16)12-19(22)21-11-10-18(20-21)15-4-3-5-17(13-15)24-2/h3-9,13H,10-12H2,1-2H3. The highest BCUT2D eigenvalue weighted by Gasteiger charge is 2.21. The van der Waals surface area contributed by atoms with Gasteiger partial charge in [-0.1, -0.05) is 24.3 Å². The maximum Gasteiger partial charge on any atom is 0.247 e. The molecule has 0 saturated carbocycles. The number of hydrazone groups is 1. The predicted octanol–water partition coefficient (Wildman–Crippen LogP) is 2.88. The van der Waals surface area contributed by atoms with E-state index in [1.807, 2.05) is 48.5 Å². The number of ether oxygens (including phenoxy) is 2. The minimum absolute atomic E-state index is 0.00179. The Kier molecular flexibility index (Phi) is 4.79. The van der Waals surface area contributed by atoms with E-state index >= 15 is 0 Å². The highest BCUT2D eigenvalue weighted by molar-refractivity contribution is 6.03. The Bertz CT molecular complexity index is 753. The summed E-state index contributed by atoms with van der Waals surface area (Å²) in [4.78, 5) is 12.4. The number of methoxy groups -OCH3 is 2. The lowest BCUT2D eigenvalue weighted by Gasteiger charge is -2.11. The molecule has 0 N–H and O–H groups in total. The second kappa shape index (κ2) is 7.17. The lowest BCUT2D eigenvalue weighted by Crippen LogP contribution is -2.25. The Morgan fingerprint density at radius 1 is 1.08 bits per heavy atom. The van der Waals surface area contributed by atoms with Crippen LogP contribution in [0.1, 0.15) is 17.5 Å². The third-order valence-electron chi connectivity index (χ3n) is 4.01. The molecule has 0 aromatic heterocycles. The van der Waals surface area contributed by atoms with Gasteiger partial charge in [0.2, 0.25) is 5.91 Å². The number of carbonyl (C=O) groups is 1. The molecule has 24 heavy (non-hydrogen) atoms. The molecule has 2 aromatic rings. The Hall–Kier alpha value is -2.82. The summed E-state index contributed by atoms with van der Waals surface area (Å²) in [5.41, 5.74) is 2.86. The van der Waals surface area contributed by atoms with E-state index in [2.05, 4.69) is 5.10 Å². The molecule has 1 heterocycles. The summed E-state index contributed by atoms with van der Waals surface area (Å²) < 4.78 is 10.4. The SMILES string of the molecule is COc1ccc(CC(=O)N2CCC(c3cccc(OC)c3)=N2)cc1. The number of hydrogen-bond acceptors (Lipinski definition) is 4. The minimum Gasteiger partial charge on any atom is -0.497 e. The molecule has 3 rings (SSSR count). The van der Waals surface area contributed by atoms with Crippen LogP contribution in [0, 0.1) is 0 Å². The monoisotopic (exact) mass is 324 g/mol. The second-order valence-electron chi connectivity index (χ2n) is 5.57. The van der Waals surface area contributed by atoms with Gasteiger partial charge in [-0.25, -0.2) is 5.01 Å². The summed E-state index contributed by atoms with van der Waals surface area (Å²) in [6.07, 6.45) is 1.08. The summed E-state index contributed by atoms with van der Waals surface area (Å²) in [5.74, 6) is 1.57. The van der Waals surface area contributed by atoms with E-state index in [-0.39, 0.29) is 5.91 Å². The number of benzene rings is 2. The fraction of sp³-hybridized carbons (Fsp3) is 0.263. The van der Waals surface area contributed by atoms with Crippen LogP contribution >= 0.6 is 0 Å². The highest BCUT2D eigenvalue weighted by Crippen LogP contribution is 2.19. The van der Waals surface area contributed by atoms with Crippen molar-refractivity contribution in [2.75, 3.05) is 20.8 Å². The first-order valence-electron chi connectivity index (χ1n) is 7.85. The average Bonchev–Trinajstić information content (AvgIpc) is 3.13. The number of carbonyl (C=O) groups excluding carboxylic acids is 1. The summed E-state index contributed by atoms with van der Waals surface area (Å²) in [6.45, 7) is 0.613. The molecule has 0 saturated heterocycles. The molecule has 0 unspecified atom stereocenters. The maximum atomic E-state index is 12.4. The first-order valence-corrected chi connectivity index (χ1v) is 7.85. The number of nitrogens with zero attached hydrogens (tertiary/aromatic N) is 2. The van der Waals surface area contributed by atoms with Gasteiger partial charge in [0.05, 0.1) is 32.9 Å². The Labute approximate surface area is 141 Å². The number of hydrogen-bond donors (Lipinski definition) is 0. The van der Waals surface area contributed by atoms with Crippen molar-refractivity contribution in [2.24, 2.45) is 5.10 Å². The molecule has 0 atom stereocenters. The van der Waals surface area contributed by atoms with Gasteiger partial charge in [0.15, 0.2) is 0 Å². The normalized spacial score (nSPS) is 13.6. The molecule has 124 valence electrons. The zero-order valence-corrected chi connectivity index (χ0v) is 13.9. The van der Waals surface area contributed by atoms with E-state index < -0.39 is 0 Å². The van der Waals surface area contributed by atoms with Gasteiger partial charge in [0.1, 0.15) is 11.5 Å². The third kappa shape index (κ3) is 3.56. The lowest BCUT2D eigenvalue weighted by molar-refractivity contribution is -0.130. The van der Waals surface area contributed by atoms with E-state index in [0.29, 0.717) is 13.0 Å². The Morgan fingerprint density at radius 2 is 1.83 bits per heavy atom. The smallest absolute Gasteiger partial charge is 0.247 e. The van der Waals surface area contributed by atoms with Crippen molar-refractivity contribution in [3.63, 3.8) is 0 Å². The van der Waals surface area contributed by atoms with Crippen molar-refractivity contribution in [1.82, 2.24) is 5.01 Å². The van der Waals surface area contributed by atoms with E-state index in [9.17, 15) is 4.79 Å². The van der Waals surface area contributed by atoms with Crippen LogP contribution < -0.4 is 9.47 Å². The van der Waals surface area contributed by atoms with E-state index in [1.54, 1.807) is 19.2 Å². The largest absolute Gasteiger partial charge is 0.497 e. The van der Waals surface area contributed by atoms with Crippen molar-refractivity contribution in [3.8, 4) is 11.5 Å². The van der Waals surface area contributed by atoms with Crippen molar-refractivity contribution in [3.05, 3.63) is 59.7 Å². The van der Waals surface area contributed by atoms with E-state index in [0.717, 1.165) is 34.8 Å². The second-order valence-corrected chi connectivity index (χ2v) is 5.57. The van der Waals surface area contributed by atoms with Crippen LogP contribution in [0.5, 0.6) is 11.5 Å². The molecule has 0 spiro atoms. The van der Waals surface area contributed by atoms with Gasteiger partial charge < -0.3 is 9.47 Å². The van der Waals surface area contributed by atoms with Gasteiger partial charge in [-0.2, -0.15) is 5.10 Å². The molecule has 5 nitrogen and oxygen atoms in total. The minimum atomic E-state index is -0.00179. The van der Waals surface area contributed by atoms with Crippen molar-refractivity contribution in [1.29, 1.82) is 0 Å². The molecule has 0 aliphatic carbocycles. The van der Waals surface area contributed by atoms with Crippen LogP contribution in [0.4, 0.5) is 0 Å². The van der Waals surface area contributed by atoms with Crippen LogP contribution in [-0.2, 0) is 11.2 Å². The van der Waals surface area contributed by atoms with Gasteiger partial charge in [-0.15, -0.1) is 0 Å². The van der Waals surface area contributed by atoms with Gasteiger partial charge in [0, 0.05) is 12.0 Å². The van der Waals surface area contributed by atoms with Gasteiger partial charge in [-0.05, 0) is 29.8 Å². The van der Waals surface area contributed by atoms with Crippen LogP contribution in [0.15, 0.2) is 53.6 Å². The summed E-state index contributed by atoms with van der Waals surface area (Å²) in [6, 6.07) is 15.3. The van der Waals surface area contributed by atoms with Gasteiger partial charge in [-0.3, -0.25) is 4.79 Å². The molecule has 1 aliphatic rings. The van der Waals surface area contributed by atoms with Crippen molar-refractivity contribution >= 4 is 11.6 Å². The molecule has 1 amide bonds. The molecule has 5 heteroatoms. The quantitative estimate of drug-likeness (QED) is 0.850. The zero-order chi connectivity index (χ0) is 16.9. The third-order valence-corrected chi connectivity index (χ3v) is 4.01. The molecule has 0 radical (unpaired) electrons. The maximum absolute atomic E-state index is 12.4. The average molecular weight is 324 g/mol. The summed E-state index contributed by atoms with van der Waals surface area (Å²) in [5, 5.41) is 6.04.